The number of hydrogen-bond acceptors (Lipinski definition) is 5. The number of phenolic OH excluding ortho intramolecular Hbond substituents is 1. The number of halogens is 1. The Kier molecular flexibility index (Phi) is 5.03. The Morgan fingerprint density at radius 2 is 1.76 bits per heavy atom. The smallest absolute Gasteiger partial charge is 0.234 e. The third-order valence-corrected chi connectivity index (χ3v) is 7.86. The predicted molar refractivity (Wildman–Crippen MR) is 126 cm³/mol. The van der Waals surface area contributed by atoms with Gasteiger partial charge in [0.25, 0.3) is 0 Å². The second-order valence-corrected chi connectivity index (χ2v) is 11.0. The van der Waals surface area contributed by atoms with E-state index in [1.54, 1.807) is 13.0 Å². The van der Waals surface area contributed by atoms with Crippen molar-refractivity contribution in [3.05, 3.63) is 63.2 Å². The SMILES string of the molecule is CC1=CC(=O)C2=C(C1=O)C(c1ccc(O)cc1Cl)C1=CCC3C(=O)N(C(C)(C)C)C(=O)C3C1C2. The van der Waals surface area contributed by atoms with Crippen molar-refractivity contribution in [2.45, 2.75) is 52.0 Å². The molecule has 6 nitrogen and oxygen atoms in total. The zero-order chi connectivity index (χ0) is 24.7. The lowest BCUT2D eigenvalue weighted by Gasteiger charge is -2.42. The Morgan fingerprint density at radius 3 is 2.41 bits per heavy atom. The average molecular weight is 480 g/mol. The van der Waals surface area contributed by atoms with Gasteiger partial charge in [-0.1, -0.05) is 29.3 Å². The number of phenols is 1. The molecule has 2 amide bonds. The summed E-state index contributed by atoms with van der Waals surface area (Å²) in [6.07, 6.45) is 3.94. The maximum Gasteiger partial charge on any atom is 0.234 e. The molecule has 0 spiro atoms. The Balaban J connectivity index is 1.70. The van der Waals surface area contributed by atoms with E-state index in [9.17, 15) is 24.3 Å². The van der Waals surface area contributed by atoms with Crippen molar-refractivity contribution < 1.29 is 24.3 Å². The molecule has 0 saturated carbocycles. The third kappa shape index (κ3) is 3.15. The molecule has 4 atom stereocenters. The highest BCUT2D eigenvalue weighted by Gasteiger charge is 2.58. The van der Waals surface area contributed by atoms with Gasteiger partial charge < -0.3 is 5.11 Å². The number of fused-ring (bicyclic) bond motifs is 3. The topological polar surface area (TPSA) is 91.8 Å². The highest BCUT2D eigenvalue weighted by Crippen LogP contribution is 2.56. The van der Waals surface area contributed by atoms with Crippen LogP contribution in [-0.2, 0) is 19.2 Å². The number of carbonyl (C=O) groups excluding carboxylic acids is 4. The number of amides is 2. The van der Waals surface area contributed by atoms with E-state index in [-0.39, 0.29) is 46.5 Å². The van der Waals surface area contributed by atoms with Gasteiger partial charge in [0.2, 0.25) is 11.8 Å². The number of likely N-dealkylation sites (tertiary alicyclic amines) is 1. The maximum atomic E-state index is 13.6. The van der Waals surface area contributed by atoms with Crippen LogP contribution in [-0.4, -0.2) is 38.9 Å². The van der Waals surface area contributed by atoms with Gasteiger partial charge in [-0.2, -0.15) is 0 Å². The number of imide groups is 1. The monoisotopic (exact) mass is 479 g/mol. The van der Waals surface area contributed by atoms with Gasteiger partial charge >= 0.3 is 0 Å². The molecule has 1 aromatic carbocycles. The molecule has 1 aromatic rings. The van der Waals surface area contributed by atoms with Gasteiger partial charge in [-0.05, 0) is 70.2 Å². The van der Waals surface area contributed by atoms with Crippen molar-refractivity contribution in [3.8, 4) is 5.75 Å². The van der Waals surface area contributed by atoms with E-state index < -0.39 is 23.3 Å². The zero-order valence-electron chi connectivity index (χ0n) is 19.5. The van der Waals surface area contributed by atoms with E-state index in [0.29, 0.717) is 28.7 Å². The summed E-state index contributed by atoms with van der Waals surface area (Å²) < 4.78 is 0. The first-order valence-corrected chi connectivity index (χ1v) is 11.9. The van der Waals surface area contributed by atoms with Crippen LogP contribution in [0.15, 0.2) is 52.6 Å². The van der Waals surface area contributed by atoms with Crippen LogP contribution in [0.5, 0.6) is 5.75 Å². The number of benzene rings is 1. The van der Waals surface area contributed by atoms with Crippen LogP contribution < -0.4 is 0 Å². The molecule has 3 aliphatic carbocycles. The van der Waals surface area contributed by atoms with Gasteiger partial charge in [-0.3, -0.25) is 24.1 Å². The van der Waals surface area contributed by atoms with Gasteiger partial charge in [0.15, 0.2) is 11.6 Å². The van der Waals surface area contributed by atoms with Gasteiger partial charge in [0.05, 0.1) is 11.8 Å². The van der Waals surface area contributed by atoms with E-state index in [4.69, 9.17) is 11.6 Å². The molecule has 5 rings (SSSR count). The molecular formula is C27H26ClNO5. The molecule has 0 aromatic heterocycles. The summed E-state index contributed by atoms with van der Waals surface area (Å²) >= 11 is 6.54. The molecular weight excluding hydrogens is 454 g/mol. The number of carbonyl (C=O) groups is 4. The number of aromatic hydroxyl groups is 1. The van der Waals surface area contributed by atoms with Crippen molar-refractivity contribution >= 4 is 35.0 Å². The minimum Gasteiger partial charge on any atom is -0.508 e. The number of hydrogen-bond donors (Lipinski definition) is 1. The Morgan fingerprint density at radius 1 is 1.06 bits per heavy atom. The summed E-state index contributed by atoms with van der Waals surface area (Å²) in [4.78, 5) is 54.6. The van der Waals surface area contributed by atoms with Crippen LogP contribution >= 0.6 is 11.6 Å². The second kappa shape index (κ2) is 7.51. The quantitative estimate of drug-likeness (QED) is 0.369. The van der Waals surface area contributed by atoms with Gasteiger partial charge in [-0.15, -0.1) is 0 Å². The van der Waals surface area contributed by atoms with Gasteiger partial charge in [0, 0.05) is 33.2 Å². The largest absolute Gasteiger partial charge is 0.508 e. The summed E-state index contributed by atoms with van der Waals surface area (Å²) in [5, 5.41) is 10.2. The Hall–Kier alpha value is -2.99. The van der Waals surface area contributed by atoms with E-state index in [2.05, 4.69) is 0 Å². The maximum absolute atomic E-state index is 13.6. The van der Waals surface area contributed by atoms with E-state index in [1.165, 1.54) is 23.1 Å². The molecule has 7 heteroatoms. The third-order valence-electron chi connectivity index (χ3n) is 7.53. The van der Waals surface area contributed by atoms with Crippen LogP contribution in [0.1, 0.15) is 52.0 Å². The van der Waals surface area contributed by atoms with E-state index >= 15 is 0 Å². The summed E-state index contributed by atoms with van der Waals surface area (Å²) in [6, 6.07) is 4.58. The molecule has 1 saturated heterocycles. The molecule has 176 valence electrons. The Bertz CT molecular complexity index is 1280. The van der Waals surface area contributed by atoms with Gasteiger partial charge in [-0.25, -0.2) is 0 Å². The van der Waals surface area contributed by atoms with Crippen molar-refractivity contribution in [1.82, 2.24) is 4.90 Å². The van der Waals surface area contributed by atoms with Crippen molar-refractivity contribution in [2.75, 3.05) is 0 Å². The number of rotatable bonds is 1. The lowest BCUT2D eigenvalue weighted by atomic mass is 9.59. The van der Waals surface area contributed by atoms with Crippen LogP contribution in [0.3, 0.4) is 0 Å². The molecule has 0 radical (unpaired) electrons. The number of Topliss-reactive ketones (excluding diaryl/α,β-unsaturated/α-hetero) is 1. The summed E-state index contributed by atoms with van der Waals surface area (Å²) in [6.45, 7) is 7.14. The first kappa shape index (κ1) is 22.8. The number of ketones is 2. The summed E-state index contributed by atoms with van der Waals surface area (Å²) in [5.74, 6) is -2.94. The lowest BCUT2D eigenvalue weighted by Crippen LogP contribution is -2.46. The summed E-state index contributed by atoms with van der Waals surface area (Å²) in [7, 11) is 0. The van der Waals surface area contributed by atoms with Crippen LogP contribution in [0, 0.1) is 17.8 Å². The number of nitrogens with zero attached hydrogens (tertiary/aromatic N) is 1. The molecule has 4 aliphatic rings. The molecule has 1 fully saturated rings. The fourth-order valence-corrected chi connectivity index (χ4v) is 6.41. The van der Waals surface area contributed by atoms with Crippen molar-refractivity contribution in [3.63, 3.8) is 0 Å². The predicted octanol–water partition coefficient (Wildman–Crippen LogP) is 4.27. The minimum absolute atomic E-state index is 0.00694. The fraction of sp³-hybridized carbons (Fsp3) is 0.407. The minimum atomic E-state index is -0.652. The van der Waals surface area contributed by atoms with Gasteiger partial charge in [0.1, 0.15) is 5.75 Å². The lowest BCUT2D eigenvalue weighted by molar-refractivity contribution is -0.145. The van der Waals surface area contributed by atoms with Crippen molar-refractivity contribution in [2.24, 2.45) is 17.8 Å². The highest BCUT2D eigenvalue weighted by molar-refractivity contribution is 6.32. The molecule has 1 heterocycles. The Labute approximate surface area is 203 Å². The van der Waals surface area contributed by atoms with Crippen LogP contribution in [0.25, 0.3) is 0 Å². The fourth-order valence-electron chi connectivity index (χ4n) is 6.13. The second-order valence-electron chi connectivity index (χ2n) is 10.6. The molecule has 34 heavy (non-hydrogen) atoms. The van der Waals surface area contributed by atoms with Crippen molar-refractivity contribution in [1.29, 1.82) is 0 Å². The van der Waals surface area contributed by atoms with Crippen LogP contribution in [0.4, 0.5) is 0 Å². The molecule has 1 aliphatic heterocycles. The highest BCUT2D eigenvalue weighted by atomic mass is 35.5. The normalized spacial score (nSPS) is 29.0. The summed E-state index contributed by atoms with van der Waals surface area (Å²) in [5.41, 5.74) is 1.94. The van der Waals surface area contributed by atoms with Crippen LogP contribution in [0.2, 0.25) is 5.02 Å². The average Bonchev–Trinajstić information content (AvgIpc) is 3.01. The molecule has 1 N–H and O–H groups in total. The first-order chi connectivity index (χ1) is 15.9. The molecule has 0 bridgehead atoms. The first-order valence-electron chi connectivity index (χ1n) is 11.5. The van der Waals surface area contributed by atoms with E-state index in [1.807, 2.05) is 26.8 Å². The standard InChI is InChI=1S/C27H26ClNO5/c1-12-9-20(31)18-11-17-14(7-8-16-22(17)26(34)29(25(16)33)27(2,3)4)21(23(18)24(12)32)15-6-5-13(30)10-19(15)28/h5-7,9-10,16-17,21-22,30H,8,11H2,1-4H3. The molecule has 4 unspecified atom stereocenters. The zero-order valence-corrected chi connectivity index (χ0v) is 20.3. The van der Waals surface area contributed by atoms with E-state index in [0.717, 1.165) is 5.57 Å². The number of allylic oxidation sites excluding steroid dienone is 6.